The van der Waals surface area contributed by atoms with Gasteiger partial charge in [0.15, 0.2) is 17.3 Å². The van der Waals surface area contributed by atoms with Crippen molar-refractivity contribution in [1.82, 2.24) is 10.2 Å². The van der Waals surface area contributed by atoms with Gasteiger partial charge in [-0.1, -0.05) is 12.1 Å². The molecular weight excluding hydrogens is 427 g/mol. The van der Waals surface area contributed by atoms with Gasteiger partial charge >= 0.3 is 0 Å². The van der Waals surface area contributed by atoms with Gasteiger partial charge in [-0.2, -0.15) is 0 Å². The van der Waals surface area contributed by atoms with Crippen molar-refractivity contribution < 1.29 is 28.6 Å². The SMILES string of the molecule is COc1cc(C(C)=O)ccc1OCC(O)CN1CCC(C(=O)NCc2ccc(F)cc2)CC1. The first-order chi connectivity index (χ1) is 15.9. The second kappa shape index (κ2) is 11.8. The maximum Gasteiger partial charge on any atom is 0.223 e. The van der Waals surface area contributed by atoms with Gasteiger partial charge in [-0.25, -0.2) is 4.39 Å². The Morgan fingerprint density at radius 1 is 1.15 bits per heavy atom. The molecule has 1 atom stereocenters. The van der Waals surface area contributed by atoms with Crippen molar-refractivity contribution in [3.05, 3.63) is 59.4 Å². The predicted molar refractivity (Wildman–Crippen MR) is 122 cm³/mol. The van der Waals surface area contributed by atoms with Crippen LogP contribution in [0.4, 0.5) is 4.39 Å². The van der Waals surface area contributed by atoms with E-state index in [9.17, 15) is 19.1 Å². The number of ketones is 1. The summed E-state index contributed by atoms with van der Waals surface area (Å²) in [6, 6.07) is 11.0. The molecule has 0 bridgehead atoms. The Bertz CT molecular complexity index is 942. The molecule has 33 heavy (non-hydrogen) atoms. The number of hydrogen-bond acceptors (Lipinski definition) is 6. The number of carbonyl (C=O) groups excluding carboxylic acids is 2. The minimum atomic E-state index is -0.703. The molecule has 0 radical (unpaired) electrons. The quantitative estimate of drug-likeness (QED) is 0.533. The van der Waals surface area contributed by atoms with E-state index >= 15 is 0 Å². The topological polar surface area (TPSA) is 88.1 Å². The minimum Gasteiger partial charge on any atom is -0.493 e. The number of likely N-dealkylation sites (tertiary alicyclic amines) is 1. The van der Waals surface area contributed by atoms with Crippen molar-refractivity contribution in [1.29, 1.82) is 0 Å². The van der Waals surface area contributed by atoms with Crippen LogP contribution in [0.15, 0.2) is 42.5 Å². The Kier molecular flexibility index (Phi) is 8.79. The number of ether oxygens (including phenoxy) is 2. The average Bonchev–Trinajstić information content (AvgIpc) is 2.82. The fourth-order valence-electron chi connectivity index (χ4n) is 3.86. The standard InChI is InChI=1S/C25H31FN2O5/c1-17(29)20-5-8-23(24(13-20)32-2)33-16-22(30)15-28-11-9-19(10-12-28)25(31)27-14-18-3-6-21(26)7-4-18/h3-8,13,19,22,30H,9-12,14-16H2,1-2H3,(H,27,31). The molecule has 178 valence electrons. The molecule has 1 heterocycles. The van der Waals surface area contributed by atoms with Crippen molar-refractivity contribution in [2.24, 2.45) is 5.92 Å². The van der Waals surface area contributed by atoms with Gasteiger partial charge in [-0.05, 0) is 68.8 Å². The van der Waals surface area contributed by atoms with Crippen LogP contribution < -0.4 is 14.8 Å². The number of Topliss-reactive ketones (excluding diaryl/α,β-unsaturated/α-hetero) is 1. The average molecular weight is 459 g/mol. The fraction of sp³-hybridized carbons (Fsp3) is 0.440. The highest BCUT2D eigenvalue weighted by Gasteiger charge is 2.26. The number of amides is 1. The summed E-state index contributed by atoms with van der Waals surface area (Å²) in [4.78, 5) is 26.1. The van der Waals surface area contributed by atoms with Crippen molar-refractivity contribution in [3.63, 3.8) is 0 Å². The molecule has 1 aliphatic rings. The number of nitrogens with zero attached hydrogens (tertiary/aromatic N) is 1. The second-order valence-electron chi connectivity index (χ2n) is 8.31. The highest BCUT2D eigenvalue weighted by atomic mass is 19.1. The fourth-order valence-corrected chi connectivity index (χ4v) is 3.86. The third-order valence-electron chi connectivity index (χ3n) is 5.81. The number of hydrogen-bond donors (Lipinski definition) is 2. The molecule has 1 aliphatic heterocycles. The summed E-state index contributed by atoms with van der Waals surface area (Å²) in [6.45, 7) is 3.82. The van der Waals surface area contributed by atoms with E-state index < -0.39 is 6.10 Å². The molecule has 0 spiro atoms. The first-order valence-corrected chi connectivity index (χ1v) is 11.1. The van der Waals surface area contributed by atoms with Crippen LogP contribution in [0.1, 0.15) is 35.7 Å². The van der Waals surface area contributed by atoms with E-state index in [0.29, 0.717) is 56.1 Å². The lowest BCUT2D eigenvalue weighted by atomic mass is 9.95. The maximum absolute atomic E-state index is 13.0. The highest BCUT2D eigenvalue weighted by molar-refractivity contribution is 5.94. The lowest BCUT2D eigenvalue weighted by Gasteiger charge is -2.32. The maximum atomic E-state index is 13.0. The van der Waals surface area contributed by atoms with Crippen LogP contribution in [-0.4, -0.2) is 61.2 Å². The Morgan fingerprint density at radius 3 is 2.48 bits per heavy atom. The van der Waals surface area contributed by atoms with Gasteiger partial charge in [-0.3, -0.25) is 9.59 Å². The molecule has 1 amide bonds. The Balaban J connectivity index is 1.39. The van der Waals surface area contributed by atoms with E-state index in [2.05, 4.69) is 10.2 Å². The van der Waals surface area contributed by atoms with Gasteiger partial charge in [0.1, 0.15) is 18.5 Å². The number of β-amino-alcohol motifs (C(OH)–C–C–N with tert-alkyl or cyclic N) is 1. The van der Waals surface area contributed by atoms with Crippen LogP contribution >= 0.6 is 0 Å². The number of benzene rings is 2. The molecule has 7 nitrogen and oxygen atoms in total. The minimum absolute atomic E-state index is 0.00367. The Labute approximate surface area is 193 Å². The molecule has 0 aromatic heterocycles. The summed E-state index contributed by atoms with van der Waals surface area (Å²) < 4.78 is 24.0. The van der Waals surface area contributed by atoms with Gasteiger partial charge in [0.25, 0.3) is 0 Å². The van der Waals surface area contributed by atoms with Gasteiger partial charge < -0.3 is 24.8 Å². The first kappa shape index (κ1) is 24.7. The zero-order valence-corrected chi connectivity index (χ0v) is 19.1. The van der Waals surface area contributed by atoms with E-state index in [1.807, 2.05) is 0 Å². The number of rotatable bonds is 10. The van der Waals surface area contributed by atoms with Gasteiger partial charge in [0.2, 0.25) is 5.91 Å². The van der Waals surface area contributed by atoms with Crippen LogP contribution in [0.5, 0.6) is 11.5 Å². The molecule has 3 rings (SSSR count). The number of aliphatic hydroxyl groups is 1. The van der Waals surface area contributed by atoms with Crippen molar-refractivity contribution >= 4 is 11.7 Å². The molecule has 8 heteroatoms. The van der Waals surface area contributed by atoms with Gasteiger partial charge in [0.05, 0.1) is 7.11 Å². The lowest BCUT2D eigenvalue weighted by Crippen LogP contribution is -2.44. The predicted octanol–water partition coefficient (Wildman–Crippen LogP) is 2.81. The summed E-state index contributed by atoms with van der Waals surface area (Å²) in [5.41, 5.74) is 1.39. The van der Waals surface area contributed by atoms with Crippen LogP contribution in [0.3, 0.4) is 0 Å². The van der Waals surface area contributed by atoms with Crippen LogP contribution in [0.2, 0.25) is 0 Å². The summed E-state index contributed by atoms with van der Waals surface area (Å²) in [6.07, 6.45) is 0.720. The molecule has 2 aromatic rings. The second-order valence-corrected chi connectivity index (χ2v) is 8.31. The van der Waals surface area contributed by atoms with Crippen molar-refractivity contribution in [2.45, 2.75) is 32.4 Å². The van der Waals surface area contributed by atoms with Crippen LogP contribution in [-0.2, 0) is 11.3 Å². The summed E-state index contributed by atoms with van der Waals surface area (Å²) in [5.74, 6) is 0.492. The molecule has 1 saturated heterocycles. The lowest BCUT2D eigenvalue weighted by molar-refractivity contribution is -0.126. The third-order valence-corrected chi connectivity index (χ3v) is 5.81. The first-order valence-electron chi connectivity index (χ1n) is 11.1. The molecule has 2 N–H and O–H groups in total. The smallest absolute Gasteiger partial charge is 0.223 e. The van der Waals surface area contributed by atoms with Crippen molar-refractivity contribution in [3.8, 4) is 11.5 Å². The Hall–Kier alpha value is -2.97. The number of nitrogens with one attached hydrogen (secondary N) is 1. The number of halogens is 1. The molecule has 0 saturated carbocycles. The van der Waals surface area contributed by atoms with E-state index in [-0.39, 0.29) is 30.0 Å². The summed E-state index contributed by atoms with van der Waals surface area (Å²) >= 11 is 0. The number of aliphatic hydroxyl groups excluding tert-OH is 1. The molecule has 1 fully saturated rings. The summed E-state index contributed by atoms with van der Waals surface area (Å²) in [5, 5.41) is 13.3. The third kappa shape index (κ3) is 7.27. The molecule has 2 aromatic carbocycles. The molecule has 1 unspecified atom stereocenters. The molecular formula is C25H31FN2O5. The zero-order valence-electron chi connectivity index (χ0n) is 19.1. The van der Waals surface area contributed by atoms with E-state index in [4.69, 9.17) is 9.47 Å². The zero-order chi connectivity index (χ0) is 23.8. The Morgan fingerprint density at radius 2 is 1.85 bits per heavy atom. The van der Waals surface area contributed by atoms with E-state index in [1.54, 1.807) is 30.3 Å². The highest BCUT2D eigenvalue weighted by Crippen LogP contribution is 2.28. The van der Waals surface area contributed by atoms with Gasteiger partial charge in [0, 0.05) is 24.6 Å². The van der Waals surface area contributed by atoms with E-state index in [0.717, 1.165) is 5.56 Å². The number of carbonyl (C=O) groups is 2. The number of piperidine rings is 1. The van der Waals surface area contributed by atoms with Crippen LogP contribution in [0.25, 0.3) is 0 Å². The summed E-state index contributed by atoms with van der Waals surface area (Å²) in [7, 11) is 1.50. The largest absolute Gasteiger partial charge is 0.493 e. The van der Waals surface area contributed by atoms with E-state index in [1.165, 1.54) is 26.2 Å². The normalized spacial score (nSPS) is 15.6. The molecule has 0 aliphatic carbocycles. The van der Waals surface area contributed by atoms with Crippen LogP contribution in [0, 0.1) is 11.7 Å². The number of methoxy groups -OCH3 is 1. The van der Waals surface area contributed by atoms with Crippen molar-refractivity contribution in [2.75, 3.05) is 33.4 Å². The monoisotopic (exact) mass is 458 g/mol. The van der Waals surface area contributed by atoms with Gasteiger partial charge in [-0.15, -0.1) is 0 Å².